The number of carbonyl (C=O) groups is 1. The molecule has 0 bridgehead atoms. The van der Waals surface area contributed by atoms with Crippen LogP contribution in [0.4, 0.5) is 5.82 Å². The Bertz CT molecular complexity index is 710. The Morgan fingerprint density at radius 1 is 1.32 bits per heavy atom. The van der Waals surface area contributed by atoms with Gasteiger partial charge in [0, 0.05) is 24.3 Å². The summed E-state index contributed by atoms with van der Waals surface area (Å²) >= 11 is 5.79. The Morgan fingerprint density at radius 2 is 2.14 bits per heavy atom. The number of nitrogens with one attached hydrogen (secondary N) is 2. The first-order valence-electron chi connectivity index (χ1n) is 6.47. The molecule has 1 aromatic carbocycles. The Labute approximate surface area is 132 Å². The molecular weight excluding hydrogens is 304 g/mol. The van der Waals surface area contributed by atoms with E-state index in [4.69, 9.17) is 16.9 Å². The molecule has 6 nitrogen and oxygen atoms in total. The normalized spacial score (nSPS) is 9.82. The highest BCUT2D eigenvalue weighted by Crippen LogP contribution is 2.21. The lowest BCUT2D eigenvalue weighted by Gasteiger charge is -2.08. The van der Waals surface area contributed by atoms with Crippen molar-refractivity contribution in [1.82, 2.24) is 10.3 Å². The van der Waals surface area contributed by atoms with E-state index in [2.05, 4.69) is 15.6 Å². The van der Waals surface area contributed by atoms with Crippen molar-refractivity contribution in [2.75, 3.05) is 18.4 Å². The number of rotatable bonds is 5. The molecule has 0 atom stereocenters. The van der Waals surface area contributed by atoms with Crippen molar-refractivity contribution >= 4 is 23.3 Å². The molecule has 0 aliphatic carbocycles. The second kappa shape index (κ2) is 7.29. The number of hydrogen-bond acceptors (Lipinski definition) is 5. The van der Waals surface area contributed by atoms with Crippen LogP contribution in [-0.4, -0.2) is 29.1 Å². The maximum Gasteiger partial charge on any atom is 0.255 e. The van der Waals surface area contributed by atoms with E-state index < -0.39 is 5.91 Å². The van der Waals surface area contributed by atoms with E-state index in [0.717, 1.165) is 0 Å². The number of amides is 1. The molecule has 112 valence electrons. The van der Waals surface area contributed by atoms with Crippen LogP contribution in [0, 0.1) is 11.3 Å². The highest BCUT2D eigenvalue weighted by atomic mass is 35.5. The third-order valence-corrected chi connectivity index (χ3v) is 3.05. The van der Waals surface area contributed by atoms with Crippen LogP contribution in [0.5, 0.6) is 5.75 Å². The summed E-state index contributed by atoms with van der Waals surface area (Å²) in [7, 11) is 0. The summed E-state index contributed by atoms with van der Waals surface area (Å²) in [6.45, 7) is 0.790. The third kappa shape index (κ3) is 4.11. The fraction of sp³-hybridized carbons (Fsp3) is 0.133. The molecule has 0 unspecified atom stereocenters. The highest BCUT2D eigenvalue weighted by molar-refractivity contribution is 6.31. The van der Waals surface area contributed by atoms with Crippen molar-refractivity contribution in [3.8, 4) is 11.8 Å². The maximum atomic E-state index is 11.9. The number of pyridine rings is 1. The van der Waals surface area contributed by atoms with Crippen molar-refractivity contribution < 1.29 is 9.90 Å². The smallest absolute Gasteiger partial charge is 0.255 e. The molecule has 0 spiro atoms. The number of nitrogens with zero attached hydrogens (tertiary/aromatic N) is 2. The fourth-order valence-corrected chi connectivity index (χ4v) is 1.89. The van der Waals surface area contributed by atoms with Crippen LogP contribution in [0.2, 0.25) is 5.02 Å². The van der Waals surface area contributed by atoms with E-state index >= 15 is 0 Å². The Kier molecular flexibility index (Phi) is 5.17. The second-order valence-electron chi connectivity index (χ2n) is 4.39. The van der Waals surface area contributed by atoms with Gasteiger partial charge in [0.1, 0.15) is 17.6 Å². The Hall–Kier alpha value is -2.78. The van der Waals surface area contributed by atoms with Gasteiger partial charge in [-0.25, -0.2) is 4.98 Å². The number of anilines is 1. The lowest BCUT2D eigenvalue weighted by molar-refractivity contribution is 0.0952. The number of halogens is 1. The van der Waals surface area contributed by atoms with Gasteiger partial charge in [-0.2, -0.15) is 5.26 Å². The summed E-state index contributed by atoms with van der Waals surface area (Å²) in [6, 6.07) is 9.60. The largest absolute Gasteiger partial charge is 0.507 e. The van der Waals surface area contributed by atoms with Crippen LogP contribution in [0.3, 0.4) is 0 Å². The number of benzene rings is 1. The van der Waals surface area contributed by atoms with Gasteiger partial charge in [-0.15, -0.1) is 0 Å². The van der Waals surface area contributed by atoms with E-state index in [9.17, 15) is 9.90 Å². The highest BCUT2D eigenvalue weighted by Gasteiger charge is 2.10. The van der Waals surface area contributed by atoms with Gasteiger partial charge >= 0.3 is 0 Å². The van der Waals surface area contributed by atoms with Crippen LogP contribution in [0.25, 0.3) is 0 Å². The van der Waals surface area contributed by atoms with E-state index in [1.165, 1.54) is 24.4 Å². The predicted molar refractivity (Wildman–Crippen MR) is 82.9 cm³/mol. The summed E-state index contributed by atoms with van der Waals surface area (Å²) in [6.07, 6.45) is 1.46. The molecule has 1 aromatic heterocycles. The van der Waals surface area contributed by atoms with Gasteiger partial charge in [0.15, 0.2) is 0 Å². The number of nitriles is 1. The minimum atomic E-state index is -0.408. The summed E-state index contributed by atoms with van der Waals surface area (Å²) < 4.78 is 0. The zero-order valence-corrected chi connectivity index (χ0v) is 12.3. The summed E-state index contributed by atoms with van der Waals surface area (Å²) in [5, 5.41) is 24.3. The molecule has 1 amide bonds. The SMILES string of the molecule is N#Cc1ccc(NCCNC(=O)c2cc(Cl)ccc2O)nc1. The van der Waals surface area contributed by atoms with Crippen molar-refractivity contribution in [2.24, 2.45) is 0 Å². The molecule has 0 fully saturated rings. The number of carbonyl (C=O) groups excluding carboxylic acids is 1. The summed E-state index contributed by atoms with van der Waals surface area (Å²) in [5.41, 5.74) is 0.610. The molecular formula is C15H13ClN4O2. The van der Waals surface area contributed by atoms with Crippen molar-refractivity contribution in [2.45, 2.75) is 0 Å². The quantitative estimate of drug-likeness (QED) is 0.734. The molecule has 7 heteroatoms. The van der Waals surface area contributed by atoms with Gasteiger partial charge in [0.05, 0.1) is 11.1 Å². The molecule has 0 aliphatic heterocycles. The zero-order valence-electron chi connectivity index (χ0n) is 11.5. The average Bonchev–Trinajstić information content (AvgIpc) is 2.54. The van der Waals surface area contributed by atoms with Gasteiger partial charge < -0.3 is 15.7 Å². The predicted octanol–water partition coefficient (Wildman–Crippen LogP) is 2.15. The van der Waals surface area contributed by atoms with Crippen LogP contribution in [-0.2, 0) is 0 Å². The molecule has 0 radical (unpaired) electrons. The van der Waals surface area contributed by atoms with Gasteiger partial charge in [0.2, 0.25) is 0 Å². The monoisotopic (exact) mass is 316 g/mol. The lowest BCUT2D eigenvalue weighted by Crippen LogP contribution is -2.28. The molecule has 0 saturated heterocycles. The van der Waals surface area contributed by atoms with Crippen LogP contribution in [0.15, 0.2) is 36.5 Å². The molecule has 1 heterocycles. The first-order valence-corrected chi connectivity index (χ1v) is 6.84. The van der Waals surface area contributed by atoms with E-state index in [-0.39, 0.29) is 11.3 Å². The first-order chi connectivity index (χ1) is 10.6. The van der Waals surface area contributed by atoms with Gasteiger partial charge in [-0.05, 0) is 30.3 Å². The minimum Gasteiger partial charge on any atom is -0.507 e. The topological polar surface area (TPSA) is 98.0 Å². The maximum absolute atomic E-state index is 11.9. The third-order valence-electron chi connectivity index (χ3n) is 2.81. The Morgan fingerprint density at radius 3 is 2.82 bits per heavy atom. The van der Waals surface area contributed by atoms with Crippen molar-refractivity contribution in [3.05, 3.63) is 52.7 Å². The van der Waals surface area contributed by atoms with E-state index in [0.29, 0.717) is 29.5 Å². The summed E-state index contributed by atoms with van der Waals surface area (Å²) in [5.74, 6) is 0.0806. The molecule has 2 rings (SSSR count). The van der Waals surface area contributed by atoms with Crippen LogP contribution >= 0.6 is 11.6 Å². The molecule has 0 aliphatic rings. The van der Waals surface area contributed by atoms with Gasteiger partial charge in [-0.1, -0.05) is 11.6 Å². The Balaban J connectivity index is 1.82. The lowest BCUT2D eigenvalue weighted by atomic mass is 10.2. The molecule has 0 saturated carbocycles. The van der Waals surface area contributed by atoms with Crippen molar-refractivity contribution in [3.63, 3.8) is 0 Å². The second-order valence-corrected chi connectivity index (χ2v) is 4.82. The van der Waals surface area contributed by atoms with Crippen molar-refractivity contribution in [1.29, 1.82) is 5.26 Å². The number of phenolic OH excluding ortho intramolecular Hbond substituents is 1. The fourth-order valence-electron chi connectivity index (χ4n) is 1.72. The minimum absolute atomic E-state index is 0.122. The van der Waals surface area contributed by atoms with Crippen LogP contribution in [0.1, 0.15) is 15.9 Å². The standard InChI is InChI=1S/C15H13ClN4O2/c16-11-2-3-13(21)12(7-11)15(22)19-6-5-18-14-4-1-10(8-17)9-20-14/h1-4,7,9,21H,5-6H2,(H,18,20)(H,19,22). The summed E-state index contributed by atoms with van der Waals surface area (Å²) in [4.78, 5) is 15.9. The number of aromatic nitrogens is 1. The van der Waals surface area contributed by atoms with Gasteiger partial charge in [-0.3, -0.25) is 4.79 Å². The van der Waals surface area contributed by atoms with E-state index in [1.807, 2.05) is 6.07 Å². The molecule has 22 heavy (non-hydrogen) atoms. The molecule has 2 aromatic rings. The number of aromatic hydroxyl groups is 1. The number of phenols is 1. The van der Waals surface area contributed by atoms with Crippen LogP contribution < -0.4 is 10.6 Å². The number of hydrogen-bond donors (Lipinski definition) is 3. The van der Waals surface area contributed by atoms with Gasteiger partial charge in [0.25, 0.3) is 5.91 Å². The molecule has 3 N–H and O–H groups in total. The van der Waals surface area contributed by atoms with E-state index in [1.54, 1.807) is 12.1 Å². The zero-order chi connectivity index (χ0) is 15.9. The average molecular weight is 317 g/mol. The first kappa shape index (κ1) is 15.6.